The zero-order chi connectivity index (χ0) is 12.5. The predicted molar refractivity (Wildman–Crippen MR) is 64.4 cm³/mol. The Hall–Kier alpha value is -2.01. The minimum absolute atomic E-state index is 0.139. The Morgan fingerprint density at radius 3 is 2.24 bits per heavy atom. The summed E-state index contributed by atoms with van der Waals surface area (Å²) in [4.78, 5) is -0.00188. The summed E-state index contributed by atoms with van der Waals surface area (Å²) >= 11 is 0. The second-order valence-electron chi connectivity index (χ2n) is 3.54. The third-order valence-corrected chi connectivity index (χ3v) is 4.14. The van der Waals surface area contributed by atoms with Crippen LogP contribution in [0.5, 0.6) is 5.75 Å². The standard InChI is InChI=1S/C12H11NO3S/c13-9-6-7-12(11(14)8-9)17(15,16)10-4-2-1-3-5-10/h1-8,14H,13H2. The maximum atomic E-state index is 12.2. The lowest BCUT2D eigenvalue weighted by Crippen LogP contribution is -2.02. The molecular formula is C12H11NO3S. The zero-order valence-corrected chi connectivity index (χ0v) is 9.68. The van der Waals surface area contributed by atoms with E-state index in [9.17, 15) is 13.5 Å². The first-order chi connectivity index (χ1) is 8.01. The Morgan fingerprint density at radius 1 is 1.00 bits per heavy atom. The number of phenols is 1. The van der Waals surface area contributed by atoms with E-state index < -0.39 is 9.84 Å². The molecule has 0 aliphatic heterocycles. The molecule has 2 aromatic rings. The van der Waals surface area contributed by atoms with Gasteiger partial charge in [-0.1, -0.05) is 18.2 Å². The number of aromatic hydroxyl groups is 1. The SMILES string of the molecule is Nc1ccc(S(=O)(=O)c2ccccc2)c(O)c1. The summed E-state index contributed by atoms with van der Waals surface area (Å²) in [6.45, 7) is 0. The van der Waals surface area contributed by atoms with Gasteiger partial charge >= 0.3 is 0 Å². The van der Waals surface area contributed by atoms with Crippen molar-refractivity contribution in [1.82, 2.24) is 0 Å². The normalized spacial score (nSPS) is 11.3. The minimum atomic E-state index is -3.69. The number of benzene rings is 2. The first-order valence-corrected chi connectivity index (χ1v) is 6.39. The van der Waals surface area contributed by atoms with Crippen LogP contribution in [-0.2, 0) is 9.84 Å². The molecule has 0 fully saturated rings. The highest BCUT2D eigenvalue weighted by Crippen LogP contribution is 2.29. The van der Waals surface area contributed by atoms with E-state index in [2.05, 4.69) is 0 Å². The predicted octanol–water partition coefficient (Wildman–Crippen LogP) is 1.81. The number of hydrogen-bond donors (Lipinski definition) is 2. The summed E-state index contributed by atoms with van der Waals surface area (Å²) in [5.41, 5.74) is 5.77. The third-order valence-electron chi connectivity index (χ3n) is 2.33. The lowest BCUT2D eigenvalue weighted by molar-refractivity contribution is 0.459. The van der Waals surface area contributed by atoms with Gasteiger partial charge in [0.2, 0.25) is 9.84 Å². The molecule has 2 aromatic carbocycles. The summed E-state index contributed by atoms with van der Waals surface area (Å²) < 4.78 is 24.3. The molecule has 0 radical (unpaired) electrons. The molecule has 0 aliphatic carbocycles. The average molecular weight is 249 g/mol. The van der Waals surface area contributed by atoms with Crippen molar-refractivity contribution in [2.45, 2.75) is 9.79 Å². The summed E-state index contributed by atoms with van der Waals surface area (Å²) in [6, 6.07) is 11.9. The Balaban J connectivity index is 2.61. The van der Waals surface area contributed by atoms with Crippen molar-refractivity contribution in [1.29, 1.82) is 0 Å². The molecule has 4 nitrogen and oxygen atoms in total. The monoisotopic (exact) mass is 249 g/mol. The first kappa shape index (κ1) is 11.5. The highest BCUT2D eigenvalue weighted by molar-refractivity contribution is 7.91. The van der Waals surface area contributed by atoms with E-state index >= 15 is 0 Å². The van der Waals surface area contributed by atoms with Crippen LogP contribution in [-0.4, -0.2) is 13.5 Å². The number of phenolic OH excluding ortho intramolecular Hbond substituents is 1. The van der Waals surface area contributed by atoms with E-state index in [4.69, 9.17) is 5.73 Å². The van der Waals surface area contributed by atoms with Crippen LogP contribution >= 0.6 is 0 Å². The van der Waals surface area contributed by atoms with Crippen LogP contribution in [0.2, 0.25) is 0 Å². The maximum absolute atomic E-state index is 12.2. The quantitative estimate of drug-likeness (QED) is 0.795. The highest BCUT2D eigenvalue weighted by Gasteiger charge is 2.20. The number of sulfone groups is 1. The van der Waals surface area contributed by atoms with Gasteiger partial charge in [-0.15, -0.1) is 0 Å². The molecule has 0 amide bonds. The molecule has 0 aliphatic rings. The molecule has 0 saturated heterocycles. The fraction of sp³-hybridized carbons (Fsp3) is 0. The van der Waals surface area contributed by atoms with Gasteiger partial charge in [0.1, 0.15) is 10.6 Å². The van der Waals surface area contributed by atoms with Gasteiger partial charge in [0.25, 0.3) is 0 Å². The van der Waals surface area contributed by atoms with Crippen LogP contribution in [0, 0.1) is 0 Å². The van der Waals surface area contributed by atoms with Crippen LogP contribution < -0.4 is 5.73 Å². The largest absolute Gasteiger partial charge is 0.506 e. The summed E-state index contributed by atoms with van der Waals surface area (Å²) in [5, 5.41) is 9.63. The van der Waals surface area contributed by atoms with Gasteiger partial charge in [-0.2, -0.15) is 0 Å². The van der Waals surface area contributed by atoms with Gasteiger partial charge in [-0.25, -0.2) is 8.42 Å². The van der Waals surface area contributed by atoms with Gasteiger partial charge < -0.3 is 10.8 Å². The van der Waals surface area contributed by atoms with Crippen molar-refractivity contribution in [3.63, 3.8) is 0 Å². The van der Waals surface area contributed by atoms with Crippen LogP contribution in [0.3, 0.4) is 0 Å². The molecule has 2 rings (SSSR count). The van der Waals surface area contributed by atoms with Crippen molar-refractivity contribution in [2.24, 2.45) is 0 Å². The van der Waals surface area contributed by atoms with Crippen molar-refractivity contribution in [3.8, 4) is 5.75 Å². The highest BCUT2D eigenvalue weighted by atomic mass is 32.2. The lowest BCUT2D eigenvalue weighted by Gasteiger charge is -2.07. The Labute approximate surface area is 99.2 Å². The molecule has 0 saturated carbocycles. The molecule has 17 heavy (non-hydrogen) atoms. The number of anilines is 1. The molecule has 0 aromatic heterocycles. The van der Waals surface area contributed by atoms with Crippen molar-refractivity contribution < 1.29 is 13.5 Å². The zero-order valence-electron chi connectivity index (χ0n) is 8.87. The van der Waals surface area contributed by atoms with E-state index in [1.807, 2.05) is 0 Å². The summed E-state index contributed by atoms with van der Waals surface area (Å²) in [7, 11) is -3.69. The maximum Gasteiger partial charge on any atom is 0.210 e. The molecule has 88 valence electrons. The van der Waals surface area contributed by atoms with E-state index in [1.165, 1.54) is 30.3 Å². The topological polar surface area (TPSA) is 80.4 Å². The number of nitrogens with two attached hydrogens (primary N) is 1. The molecule has 3 N–H and O–H groups in total. The van der Waals surface area contributed by atoms with Crippen LogP contribution in [0.15, 0.2) is 58.3 Å². The van der Waals surface area contributed by atoms with Crippen LogP contribution in [0.25, 0.3) is 0 Å². The Kier molecular flexibility index (Phi) is 2.77. The molecule has 0 heterocycles. The van der Waals surface area contributed by atoms with E-state index in [0.29, 0.717) is 5.69 Å². The van der Waals surface area contributed by atoms with Gasteiger partial charge in [0.05, 0.1) is 4.90 Å². The van der Waals surface area contributed by atoms with Crippen LogP contribution in [0.4, 0.5) is 5.69 Å². The van der Waals surface area contributed by atoms with E-state index in [0.717, 1.165) is 0 Å². The number of nitrogen functional groups attached to an aromatic ring is 1. The smallest absolute Gasteiger partial charge is 0.210 e. The molecule has 0 atom stereocenters. The Bertz CT molecular complexity index is 636. The number of rotatable bonds is 2. The fourth-order valence-electron chi connectivity index (χ4n) is 1.49. The minimum Gasteiger partial charge on any atom is -0.506 e. The van der Waals surface area contributed by atoms with Gasteiger partial charge in [0, 0.05) is 11.8 Å². The van der Waals surface area contributed by atoms with Crippen molar-refractivity contribution in [3.05, 3.63) is 48.5 Å². The second kappa shape index (κ2) is 4.10. The Morgan fingerprint density at radius 2 is 1.65 bits per heavy atom. The molecule has 0 spiro atoms. The van der Waals surface area contributed by atoms with Crippen LogP contribution in [0.1, 0.15) is 0 Å². The fourth-order valence-corrected chi connectivity index (χ4v) is 2.84. The molecule has 0 bridgehead atoms. The second-order valence-corrected chi connectivity index (χ2v) is 5.46. The summed E-state index contributed by atoms with van der Waals surface area (Å²) in [6.07, 6.45) is 0. The van der Waals surface area contributed by atoms with Crippen molar-refractivity contribution >= 4 is 15.5 Å². The average Bonchev–Trinajstić information content (AvgIpc) is 2.29. The molecular weight excluding hydrogens is 238 g/mol. The lowest BCUT2D eigenvalue weighted by atomic mass is 10.3. The van der Waals surface area contributed by atoms with Gasteiger partial charge in [0.15, 0.2) is 0 Å². The molecule has 0 unspecified atom stereocenters. The van der Waals surface area contributed by atoms with Gasteiger partial charge in [-0.3, -0.25) is 0 Å². The van der Waals surface area contributed by atoms with E-state index in [1.54, 1.807) is 18.2 Å². The van der Waals surface area contributed by atoms with E-state index in [-0.39, 0.29) is 15.5 Å². The van der Waals surface area contributed by atoms with Gasteiger partial charge in [-0.05, 0) is 24.3 Å². The third kappa shape index (κ3) is 2.09. The summed E-state index contributed by atoms with van der Waals surface area (Å²) in [5.74, 6) is -0.339. The first-order valence-electron chi connectivity index (χ1n) is 4.90. The van der Waals surface area contributed by atoms with Crippen molar-refractivity contribution in [2.75, 3.05) is 5.73 Å². The molecule has 5 heteroatoms. The number of hydrogen-bond acceptors (Lipinski definition) is 4.